The highest BCUT2D eigenvalue weighted by molar-refractivity contribution is 9.10. The summed E-state index contributed by atoms with van der Waals surface area (Å²) in [5.41, 5.74) is 1.82. The Kier molecular flexibility index (Phi) is 4.86. The number of hydrogen-bond donors (Lipinski definition) is 0. The monoisotopic (exact) mass is 339 g/mol. The number of rotatable bonds is 5. The first-order valence-corrected chi connectivity index (χ1v) is 6.69. The molecule has 0 aliphatic rings. The average molecular weight is 340 g/mol. The molecule has 20 heavy (non-hydrogen) atoms. The van der Waals surface area contributed by atoms with E-state index in [0.29, 0.717) is 12.2 Å². The highest BCUT2D eigenvalue weighted by atomic mass is 79.9. The van der Waals surface area contributed by atoms with Crippen molar-refractivity contribution in [2.24, 2.45) is 0 Å². The Balaban J connectivity index is 2.31. The van der Waals surface area contributed by atoms with Crippen molar-refractivity contribution in [1.82, 2.24) is 15.0 Å². The normalized spacial score (nSPS) is 10.6. The van der Waals surface area contributed by atoms with Gasteiger partial charge < -0.3 is 9.47 Å². The quantitative estimate of drug-likeness (QED) is 0.779. The third-order valence-corrected chi connectivity index (χ3v) is 3.21. The van der Waals surface area contributed by atoms with Gasteiger partial charge in [-0.2, -0.15) is 0 Å². The molecule has 0 amide bonds. The van der Waals surface area contributed by atoms with E-state index in [1.54, 1.807) is 11.8 Å². The van der Waals surface area contributed by atoms with Crippen molar-refractivity contribution in [2.75, 3.05) is 14.2 Å². The Hall–Kier alpha value is -1.73. The number of methoxy groups -OCH3 is 2. The minimum atomic E-state index is -0.516. The second-order valence-corrected chi connectivity index (χ2v) is 5.01. The lowest BCUT2D eigenvalue weighted by atomic mass is 10.2. The Morgan fingerprint density at radius 2 is 2.20 bits per heavy atom. The zero-order chi connectivity index (χ0) is 14.5. The number of ether oxygens (including phenoxy) is 2. The van der Waals surface area contributed by atoms with E-state index in [1.807, 2.05) is 24.3 Å². The van der Waals surface area contributed by atoms with Crippen LogP contribution >= 0.6 is 15.9 Å². The van der Waals surface area contributed by atoms with Crippen LogP contribution in [0.5, 0.6) is 0 Å². The second kappa shape index (κ2) is 6.62. The summed E-state index contributed by atoms with van der Waals surface area (Å²) < 4.78 is 12.4. The molecule has 1 aromatic carbocycles. The molecule has 0 saturated carbocycles. The molecule has 0 saturated heterocycles. The number of esters is 1. The van der Waals surface area contributed by atoms with Gasteiger partial charge in [-0.1, -0.05) is 33.3 Å². The lowest BCUT2D eigenvalue weighted by Crippen LogP contribution is -2.11. The fourth-order valence-electron chi connectivity index (χ4n) is 1.80. The topological polar surface area (TPSA) is 66.2 Å². The molecule has 1 heterocycles. The first kappa shape index (κ1) is 14.7. The maximum atomic E-state index is 11.6. The minimum Gasteiger partial charge on any atom is -0.464 e. The molecule has 2 rings (SSSR count). The van der Waals surface area contributed by atoms with Gasteiger partial charge in [-0.05, 0) is 17.7 Å². The van der Waals surface area contributed by atoms with Gasteiger partial charge in [-0.3, -0.25) is 0 Å². The van der Waals surface area contributed by atoms with Gasteiger partial charge in [-0.15, -0.1) is 5.10 Å². The van der Waals surface area contributed by atoms with Crippen molar-refractivity contribution in [2.45, 2.75) is 13.2 Å². The molecule has 106 valence electrons. The molecule has 0 unspecified atom stereocenters. The number of halogens is 1. The maximum absolute atomic E-state index is 11.6. The largest absolute Gasteiger partial charge is 0.464 e. The highest BCUT2D eigenvalue weighted by Crippen LogP contribution is 2.15. The van der Waals surface area contributed by atoms with E-state index in [-0.39, 0.29) is 12.3 Å². The van der Waals surface area contributed by atoms with Gasteiger partial charge in [0.2, 0.25) is 0 Å². The number of aromatic nitrogens is 3. The Morgan fingerprint density at radius 1 is 1.40 bits per heavy atom. The van der Waals surface area contributed by atoms with Gasteiger partial charge >= 0.3 is 5.97 Å². The standard InChI is InChI=1S/C13H14BrN3O3/c1-19-8-11-12(13(18)20-2)15-16-17(11)7-9-4-3-5-10(14)6-9/h3-6H,7-8H2,1-2H3. The van der Waals surface area contributed by atoms with Crippen LogP contribution in [0.25, 0.3) is 0 Å². The number of carbonyl (C=O) groups is 1. The van der Waals surface area contributed by atoms with E-state index in [4.69, 9.17) is 4.74 Å². The summed E-state index contributed by atoms with van der Waals surface area (Å²) in [6.45, 7) is 0.744. The van der Waals surface area contributed by atoms with Crippen LogP contribution < -0.4 is 0 Å². The lowest BCUT2D eigenvalue weighted by Gasteiger charge is -2.07. The van der Waals surface area contributed by atoms with Gasteiger partial charge in [-0.25, -0.2) is 9.48 Å². The van der Waals surface area contributed by atoms with Crippen LogP contribution in [0.3, 0.4) is 0 Å². The third-order valence-electron chi connectivity index (χ3n) is 2.72. The molecule has 2 aromatic rings. The fourth-order valence-corrected chi connectivity index (χ4v) is 2.25. The second-order valence-electron chi connectivity index (χ2n) is 4.10. The summed E-state index contributed by atoms with van der Waals surface area (Å²) in [7, 11) is 2.86. The number of hydrogen-bond acceptors (Lipinski definition) is 5. The zero-order valence-corrected chi connectivity index (χ0v) is 12.8. The molecule has 6 nitrogen and oxygen atoms in total. The van der Waals surface area contributed by atoms with Crippen molar-refractivity contribution in [1.29, 1.82) is 0 Å². The van der Waals surface area contributed by atoms with Crippen LogP contribution in [0.4, 0.5) is 0 Å². The molecule has 0 aliphatic heterocycles. The minimum absolute atomic E-state index is 0.185. The van der Waals surface area contributed by atoms with Gasteiger partial charge in [0.05, 0.1) is 26.0 Å². The Bertz CT molecular complexity index is 613. The first-order chi connectivity index (χ1) is 9.65. The first-order valence-electron chi connectivity index (χ1n) is 5.89. The predicted molar refractivity (Wildman–Crippen MR) is 75.3 cm³/mol. The molecule has 1 aromatic heterocycles. The molecule has 0 bridgehead atoms. The molecule has 7 heteroatoms. The van der Waals surface area contributed by atoms with Crippen LogP contribution in [0, 0.1) is 0 Å². The average Bonchev–Trinajstić information content (AvgIpc) is 2.82. The summed E-state index contributed by atoms with van der Waals surface area (Å²) in [4.78, 5) is 11.6. The fraction of sp³-hybridized carbons (Fsp3) is 0.308. The van der Waals surface area contributed by atoms with Gasteiger partial charge in [0.1, 0.15) is 0 Å². The summed E-state index contributed by atoms with van der Waals surface area (Å²) >= 11 is 3.42. The Morgan fingerprint density at radius 3 is 2.85 bits per heavy atom. The Labute approximate surface area is 124 Å². The zero-order valence-electron chi connectivity index (χ0n) is 11.2. The van der Waals surface area contributed by atoms with E-state index in [9.17, 15) is 4.79 Å². The molecule has 0 spiro atoms. The number of benzene rings is 1. The van der Waals surface area contributed by atoms with E-state index in [1.165, 1.54) is 7.11 Å². The maximum Gasteiger partial charge on any atom is 0.360 e. The summed E-state index contributed by atoms with van der Waals surface area (Å²) in [6.07, 6.45) is 0. The van der Waals surface area contributed by atoms with Crippen LogP contribution in [0.1, 0.15) is 21.7 Å². The molecular weight excluding hydrogens is 326 g/mol. The summed E-state index contributed by atoms with van der Waals surface area (Å²) in [5.74, 6) is -0.516. The SMILES string of the molecule is COCc1c(C(=O)OC)nnn1Cc1cccc(Br)c1. The highest BCUT2D eigenvalue weighted by Gasteiger charge is 2.20. The molecule has 0 fully saturated rings. The van der Waals surface area contributed by atoms with E-state index >= 15 is 0 Å². The van der Waals surface area contributed by atoms with Crippen LogP contribution in [-0.2, 0) is 22.6 Å². The van der Waals surface area contributed by atoms with Gasteiger partial charge in [0, 0.05) is 11.6 Å². The van der Waals surface area contributed by atoms with Crippen molar-refractivity contribution >= 4 is 21.9 Å². The third kappa shape index (κ3) is 3.23. The van der Waals surface area contributed by atoms with Gasteiger partial charge in [0.25, 0.3) is 0 Å². The van der Waals surface area contributed by atoms with Crippen LogP contribution in [0.2, 0.25) is 0 Å². The van der Waals surface area contributed by atoms with Gasteiger partial charge in [0.15, 0.2) is 5.69 Å². The predicted octanol–water partition coefficient (Wildman–Crippen LogP) is 2.02. The molecule has 0 radical (unpaired) electrons. The van der Waals surface area contributed by atoms with E-state index < -0.39 is 5.97 Å². The molecule has 0 atom stereocenters. The molecule has 0 aliphatic carbocycles. The summed E-state index contributed by atoms with van der Waals surface area (Å²) in [6, 6.07) is 7.84. The van der Waals surface area contributed by atoms with Crippen LogP contribution in [0.15, 0.2) is 28.7 Å². The number of carbonyl (C=O) groups excluding carboxylic acids is 1. The lowest BCUT2D eigenvalue weighted by molar-refractivity contribution is 0.0588. The van der Waals surface area contributed by atoms with Crippen molar-refractivity contribution in [3.8, 4) is 0 Å². The summed E-state index contributed by atoms with van der Waals surface area (Å²) in [5, 5.41) is 7.87. The smallest absolute Gasteiger partial charge is 0.360 e. The van der Waals surface area contributed by atoms with Crippen molar-refractivity contribution < 1.29 is 14.3 Å². The van der Waals surface area contributed by atoms with Crippen molar-refractivity contribution in [3.63, 3.8) is 0 Å². The van der Waals surface area contributed by atoms with E-state index in [0.717, 1.165) is 10.0 Å². The number of nitrogens with zero attached hydrogens (tertiary/aromatic N) is 3. The van der Waals surface area contributed by atoms with E-state index in [2.05, 4.69) is 31.0 Å². The molecular formula is C13H14BrN3O3. The van der Waals surface area contributed by atoms with Crippen LogP contribution in [-0.4, -0.2) is 35.2 Å². The van der Waals surface area contributed by atoms with Crippen molar-refractivity contribution in [3.05, 3.63) is 45.7 Å². The molecule has 0 N–H and O–H groups in total.